The summed E-state index contributed by atoms with van der Waals surface area (Å²) in [6.45, 7) is 7.04. The van der Waals surface area contributed by atoms with Crippen molar-refractivity contribution in [1.29, 1.82) is 0 Å². The molecule has 18 heavy (non-hydrogen) atoms. The number of hydrogen-bond donors (Lipinski definition) is 1. The first-order valence-electron chi connectivity index (χ1n) is 6.43. The van der Waals surface area contributed by atoms with Crippen LogP contribution in [0.5, 0.6) is 0 Å². The number of aliphatic hydroxyl groups excluding tert-OH is 1. The zero-order valence-corrected chi connectivity index (χ0v) is 11.3. The van der Waals surface area contributed by atoms with E-state index in [1.54, 1.807) is 6.92 Å². The van der Waals surface area contributed by atoms with Crippen LogP contribution in [0.15, 0.2) is 24.3 Å². The summed E-state index contributed by atoms with van der Waals surface area (Å²) in [7, 11) is 0. The fourth-order valence-electron chi connectivity index (χ4n) is 2.86. The van der Waals surface area contributed by atoms with Crippen molar-refractivity contribution in [1.82, 2.24) is 0 Å². The van der Waals surface area contributed by atoms with Gasteiger partial charge in [-0.3, -0.25) is 4.79 Å². The van der Waals surface area contributed by atoms with Crippen LogP contribution in [0.25, 0.3) is 0 Å². The van der Waals surface area contributed by atoms with Crippen molar-refractivity contribution in [2.24, 2.45) is 5.92 Å². The van der Waals surface area contributed by atoms with Crippen molar-refractivity contribution in [2.75, 3.05) is 18.1 Å². The number of anilines is 1. The lowest BCUT2D eigenvalue weighted by atomic mass is 9.96. The summed E-state index contributed by atoms with van der Waals surface area (Å²) >= 11 is 0. The van der Waals surface area contributed by atoms with Gasteiger partial charge < -0.3 is 10.0 Å². The average Bonchev–Trinajstić information content (AvgIpc) is 2.64. The van der Waals surface area contributed by atoms with E-state index in [0.29, 0.717) is 5.92 Å². The molecule has 0 bridgehead atoms. The summed E-state index contributed by atoms with van der Waals surface area (Å²) in [6.07, 6.45) is 0.980. The maximum atomic E-state index is 11.4. The van der Waals surface area contributed by atoms with Crippen LogP contribution in [0.2, 0.25) is 0 Å². The summed E-state index contributed by atoms with van der Waals surface area (Å²) in [5.41, 5.74) is 1.85. The van der Waals surface area contributed by atoms with Gasteiger partial charge in [0.2, 0.25) is 0 Å². The van der Waals surface area contributed by atoms with Crippen molar-refractivity contribution in [2.45, 2.75) is 32.7 Å². The van der Waals surface area contributed by atoms with Crippen molar-refractivity contribution in [3.05, 3.63) is 29.8 Å². The van der Waals surface area contributed by atoms with Crippen molar-refractivity contribution in [3.8, 4) is 0 Å². The largest absolute Gasteiger partial charge is 0.396 e. The van der Waals surface area contributed by atoms with E-state index in [-0.39, 0.29) is 17.9 Å². The van der Waals surface area contributed by atoms with Gasteiger partial charge in [0.1, 0.15) is 0 Å². The third-order valence-corrected chi connectivity index (χ3v) is 3.78. The van der Waals surface area contributed by atoms with Crippen LogP contribution in [0, 0.1) is 5.92 Å². The molecule has 0 spiro atoms. The third-order valence-electron chi connectivity index (χ3n) is 3.78. The Kier molecular flexibility index (Phi) is 3.44. The normalized spacial score (nSPS) is 22.2. The van der Waals surface area contributed by atoms with Crippen LogP contribution in [0.1, 0.15) is 37.6 Å². The minimum atomic E-state index is 0.0306. The Labute approximate surface area is 108 Å². The number of rotatable bonds is 3. The number of benzene rings is 1. The van der Waals surface area contributed by atoms with Gasteiger partial charge in [-0.1, -0.05) is 12.1 Å². The Balaban J connectivity index is 2.31. The van der Waals surface area contributed by atoms with Crippen molar-refractivity contribution < 1.29 is 9.90 Å². The lowest BCUT2D eigenvalue weighted by Gasteiger charge is -2.33. The molecule has 1 aliphatic rings. The second kappa shape index (κ2) is 4.73. The quantitative estimate of drug-likeness (QED) is 0.834. The Morgan fingerprint density at radius 2 is 2.22 bits per heavy atom. The molecule has 0 radical (unpaired) electrons. The maximum Gasteiger partial charge on any atom is 0.159 e. The fraction of sp³-hybridized carbons (Fsp3) is 0.533. The minimum Gasteiger partial charge on any atom is -0.396 e. The van der Waals surface area contributed by atoms with Gasteiger partial charge in [0.25, 0.3) is 0 Å². The predicted octanol–water partition coefficient (Wildman–Crippen LogP) is 2.49. The summed E-state index contributed by atoms with van der Waals surface area (Å²) < 4.78 is 0. The first kappa shape index (κ1) is 13.1. The molecule has 1 saturated heterocycles. The van der Waals surface area contributed by atoms with Gasteiger partial charge in [0.15, 0.2) is 5.78 Å². The molecule has 0 aromatic heterocycles. The molecule has 1 unspecified atom stereocenters. The van der Waals surface area contributed by atoms with Gasteiger partial charge in [-0.15, -0.1) is 0 Å². The van der Waals surface area contributed by atoms with Gasteiger partial charge in [-0.2, -0.15) is 0 Å². The number of ketones is 1. The van der Waals surface area contributed by atoms with E-state index in [9.17, 15) is 9.90 Å². The van der Waals surface area contributed by atoms with Gasteiger partial charge in [0.05, 0.1) is 0 Å². The highest BCUT2D eigenvalue weighted by Gasteiger charge is 2.38. The molecule has 3 nitrogen and oxygen atoms in total. The number of nitrogens with zero attached hydrogens (tertiary/aromatic N) is 1. The number of hydrogen-bond acceptors (Lipinski definition) is 3. The maximum absolute atomic E-state index is 11.4. The molecule has 1 heterocycles. The zero-order valence-electron chi connectivity index (χ0n) is 11.3. The minimum absolute atomic E-state index is 0.0306. The summed E-state index contributed by atoms with van der Waals surface area (Å²) in [5, 5.41) is 9.32. The smallest absolute Gasteiger partial charge is 0.159 e. The van der Waals surface area contributed by atoms with Crippen molar-refractivity contribution >= 4 is 11.5 Å². The summed E-state index contributed by atoms with van der Waals surface area (Å²) in [4.78, 5) is 13.7. The molecular weight excluding hydrogens is 226 g/mol. The van der Waals surface area contributed by atoms with Crippen LogP contribution in [0.4, 0.5) is 5.69 Å². The van der Waals surface area contributed by atoms with Crippen LogP contribution in [-0.2, 0) is 0 Å². The lowest BCUT2D eigenvalue weighted by molar-refractivity contribution is 0.101. The van der Waals surface area contributed by atoms with Gasteiger partial charge in [0, 0.05) is 35.9 Å². The lowest BCUT2D eigenvalue weighted by Crippen LogP contribution is -2.38. The molecule has 1 aromatic carbocycles. The highest BCUT2D eigenvalue weighted by molar-refractivity contribution is 5.95. The van der Waals surface area contributed by atoms with Gasteiger partial charge in [-0.05, 0) is 39.3 Å². The molecule has 1 aliphatic heterocycles. The third kappa shape index (κ3) is 2.41. The Hall–Kier alpha value is -1.35. The average molecular weight is 247 g/mol. The van der Waals surface area contributed by atoms with Crippen LogP contribution in [-0.4, -0.2) is 29.6 Å². The highest BCUT2D eigenvalue weighted by atomic mass is 16.3. The Morgan fingerprint density at radius 1 is 1.50 bits per heavy atom. The second-order valence-electron chi connectivity index (χ2n) is 5.78. The Bertz CT molecular complexity index is 454. The number of carbonyl (C=O) groups excluding carboxylic acids is 1. The number of carbonyl (C=O) groups is 1. The van der Waals surface area contributed by atoms with Gasteiger partial charge >= 0.3 is 0 Å². The molecule has 0 saturated carbocycles. The standard InChI is InChI=1S/C15H21NO2/c1-11(18)13-5-4-6-14(7-13)16-9-12(10-17)8-15(16,2)3/h4-7,12,17H,8-10H2,1-3H3. The SMILES string of the molecule is CC(=O)c1cccc(N2CC(CO)CC2(C)C)c1. The molecule has 0 aliphatic carbocycles. The molecule has 1 N–H and O–H groups in total. The first-order valence-corrected chi connectivity index (χ1v) is 6.43. The fourth-order valence-corrected chi connectivity index (χ4v) is 2.86. The van der Waals surface area contributed by atoms with Crippen molar-refractivity contribution in [3.63, 3.8) is 0 Å². The topological polar surface area (TPSA) is 40.5 Å². The van der Waals surface area contributed by atoms with E-state index in [4.69, 9.17) is 0 Å². The molecule has 0 amide bonds. The van der Waals surface area contributed by atoms with E-state index in [1.807, 2.05) is 24.3 Å². The summed E-state index contributed by atoms with van der Waals surface area (Å²) in [6, 6.07) is 7.75. The van der Waals surface area contributed by atoms with E-state index >= 15 is 0 Å². The molecule has 1 atom stereocenters. The second-order valence-corrected chi connectivity index (χ2v) is 5.78. The van der Waals surface area contributed by atoms with Crippen LogP contribution >= 0.6 is 0 Å². The molecule has 1 fully saturated rings. The van der Waals surface area contributed by atoms with Gasteiger partial charge in [-0.25, -0.2) is 0 Å². The van der Waals surface area contributed by atoms with E-state index in [2.05, 4.69) is 18.7 Å². The first-order chi connectivity index (χ1) is 8.44. The number of aliphatic hydroxyl groups is 1. The summed E-state index contributed by atoms with van der Waals surface area (Å²) in [5.74, 6) is 0.411. The Morgan fingerprint density at radius 3 is 2.78 bits per heavy atom. The molecule has 2 rings (SSSR count). The van der Waals surface area contributed by atoms with Crippen LogP contribution in [0.3, 0.4) is 0 Å². The zero-order chi connectivity index (χ0) is 13.3. The molecular formula is C15H21NO2. The number of Topliss-reactive ketones (excluding diaryl/α,β-unsaturated/α-hetero) is 1. The van der Waals surface area contributed by atoms with Crippen LogP contribution < -0.4 is 4.90 Å². The highest BCUT2D eigenvalue weighted by Crippen LogP contribution is 2.36. The molecule has 98 valence electrons. The molecule has 3 heteroatoms. The monoisotopic (exact) mass is 247 g/mol. The predicted molar refractivity (Wildman–Crippen MR) is 73.1 cm³/mol. The molecule has 1 aromatic rings. The van der Waals surface area contributed by atoms with E-state index < -0.39 is 0 Å². The van der Waals surface area contributed by atoms with E-state index in [0.717, 1.165) is 24.2 Å². The van der Waals surface area contributed by atoms with E-state index in [1.165, 1.54) is 0 Å².